The van der Waals surface area contributed by atoms with Crippen LogP contribution in [0.4, 0.5) is 0 Å². The van der Waals surface area contributed by atoms with Crippen molar-refractivity contribution in [2.45, 2.75) is 31.8 Å². The third-order valence-corrected chi connectivity index (χ3v) is 4.32. The summed E-state index contributed by atoms with van der Waals surface area (Å²) in [6, 6.07) is 19.8. The molecule has 1 aliphatic rings. The van der Waals surface area contributed by atoms with Crippen molar-refractivity contribution in [3.63, 3.8) is 0 Å². The van der Waals surface area contributed by atoms with E-state index in [1.165, 1.54) is 16.7 Å². The number of hydrogen-bond acceptors (Lipinski definition) is 2. The molecular formula is C19H24N2. The average Bonchev–Trinajstić information content (AvgIpc) is 2.48. The maximum atomic E-state index is 6.30. The van der Waals surface area contributed by atoms with Crippen molar-refractivity contribution in [2.75, 3.05) is 13.1 Å². The molecule has 0 amide bonds. The van der Waals surface area contributed by atoms with Gasteiger partial charge in [0.25, 0.3) is 0 Å². The zero-order valence-electron chi connectivity index (χ0n) is 12.7. The molecule has 110 valence electrons. The zero-order valence-corrected chi connectivity index (χ0v) is 12.7. The molecule has 0 spiro atoms. The predicted octanol–water partition coefficient (Wildman–Crippen LogP) is 3.31. The Kier molecular flexibility index (Phi) is 4.37. The van der Waals surface area contributed by atoms with Gasteiger partial charge in [0.05, 0.1) is 0 Å². The lowest BCUT2D eigenvalue weighted by molar-refractivity contribution is 0.181. The van der Waals surface area contributed by atoms with Crippen molar-refractivity contribution in [1.82, 2.24) is 4.90 Å². The molecule has 21 heavy (non-hydrogen) atoms. The number of nitrogens with two attached hydrogens (primary N) is 1. The molecule has 1 aliphatic heterocycles. The summed E-state index contributed by atoms with van der Waals surface area (Å²) in [6.07, 6.45) is 1.09. The van der Waals surface area contributed by atoms with Crippen molar-refractivity contribution < 1.29 is 0 Å². The van der Waals surface area contributed by atoms with E-state index >= 15 is 0 Å². The number of piperidine rings is 1. The molecule has 2 heteroatoms. The van der Waals surface area contributed by atoms with Gasteiger partial charge >= 0.3 is 0 Å². The van der Waals surface area contributed by atoms with E-state index < -0.39 is 0 Å². The normalized spacial score (nSPS) is 23.1. The summed E-state index contributed by atoms with van der Waals surface area (Å²) in [6.45, 7) is 5.26. The molecule has 2 nitrogen and oxygen atoms in total. The molecule has 1 heterocycles. The standard InChI is InChI=1S/C19H24N2/c1-15-6-5-9-17(10-15)18-11-19(20)14-21(13-18)12-16-7-3-2-4-8-16/h2-10,18-19H,11-14,20H2,1H3. The van der Waals surface area contributed by atoms with Crippen LogP contribution in [0.15, 0.2) is 54.6 Å². The second-order valence-electron chi connectivity index (χ2n) is 6.29. The molecular weight excluding hydrogens is 256 g/mol. The summed E-state index contributed by atoms with van der Waals surface area (Å²) in [5.41, 5.74) is 10.4. The Balaban J connectivity index is 1.72. The number of nitrogens with zero attached hydrogens (tertiary/aromatic N) is 1. The van der Waals surface area contributed by atoms with Crippen LogP contribution in [0, 0.1) is 6.92 Å². The number of rotatable bonds is 3. The van der Waals surface area contributed by atoms with Crippen LogP contribution in [0.2, 0.25) is 0 Å². The first-order chi connectivity index (χ1) is 10.2. The van der Waals surface area contributed by atoms with Crippen LogP contribution in [-0.2, 0) is 6.54 Å². The topological polar surface area (TPSA) is 29.3 Å². The number of hydrogen-bond donors (Lipinski definition) is 1. The third kappa shape index (κ3) is 3.72. The molecule has 2 aromatic rings. The van der Waals surface area contributed by atoms with Gasteiger partial charge in [0.15, 0.2) is 0 Å². The molecule has 3 rings (SSSR count). The van der Waals surface area contributed by atoms with E-state index in [9.17, 15) is 0 Å². The van der Waals surface area contributed by atoms with Crippen LogP contribution in [0.3, 0.4) is 0 Å². The quantitative estimate of drug-likeness (QED) is 0.934. The lowest BCUT2D eigenvalue weighted by atomic mass is 9.87. The Labute approximate surface area is 127 Å². The zero-order chi connectivity index (χ0) is 14.7. The van der Waals surface area contributed by atoms with E-state index in [-0.39, 0.29) is 6.04 Å². The van der Waals surface area contributed by atoms with Gasteiger partial charge in [0, 0.05) is 25.7 Å². The van der Waals surface area contributed by atoms with Crippen molar-refractivity contribution in [3.05, 3.63) is 71.3 Å². The van der Waals surface area contributed by atoms with E-state index in [4.69, 9.17) is 5.73 Å². The van der Waals surface area contributed by atoms with Crippen molar-refractivity contribution >= 4 is 0 Å². The SMILES string of the molecule is Cc1cccc(C2CC(N)CN(Cc3ccccc3)C2)c1. The maximum absolute atomic E-state index is 6.30. The summed E-state index contributed by atoms with van der Waals surface area (Å²) in [4.78, 5) is 2.50. The molecule has 2 atom stereocenters. The molecule has 0 aromatic heterocycles. The van der Waals surface area contributed by atoms with E-state index in [2.05, 4.69) is 66.4 Å². The minimum atomic E-state index is 0.271. The molecule has 1 fully saturated rings. The largest absolute Gasteiger partial charge is 0.327 e. The van der Waals surface area contributed by atoms with Gasteiger partial charge in [0.1, 0.15) is 0 Å². The van der Waals surface area contributed by atoms with Crippen LogP contribution >= 0.6 is 0 Å². The van der Waals surface area contributed by atoms with Crippen LogP contribution in [0.25, 0.3) is 0 Å². The minimum Gasteiger partial charge on any atom is -0.327 e. The fourth-order valence-electron chi connectivity index (χ4n) is 3.37. The summed E-state index contributed by atoms with van der Waals surface area (Å²) < 4.78 is 0. The lowest BCUT2D eigenvalue weighted by Gasteiger charge is -2.36. The number of aryl methyl sites for hydroxylation is 1. The van der Waals surface area contributed by atoms with Gasteiger partial charge in [0.2, 0.25) is 0 Å². The van der Waals surface area contributed by atoms with Crippen LogP contribution in [0.5, 0.6) is 0 Å². The first-order valence-corrected chi connectivity index (χ1v) is 7.79. The summed E-state index contributed by atoms with van der Waals surface area (Å²) in [5.74, 6) is 0.553. The first-order valence-electron chi connectivity index (χ1n) is 7.79. The van der Waals surface area contributed by atoms with Crippen LogP contribution in [0.1, 0.15) is 29.0 Å². The van der Waals surface area contributed by atoms with Crippen molar-refractivity contribution in [2.24, 2.45) is 5.73 Å². The van der Waals surface area contributed by atoms with Crippen molar-refractivity contribution in [3.8, 4) is 0 Å². The molecule has 1 saturated heterocycles. The van der Waals surface area contributed by atoms with Gasteiger partial charge in [-0.05, 0) is 30.4 Å². The highest BCUT2D eigenvalue weighted by Gasteiger charge is 2.26. The van der Waals surface area contributed by atoms with Crippen molar-refractivity contribution in [1.29, 1.82) is 0 Å². The molecule has 2 aromatic carbocycles. The lowest BCUT2D eigenvalue weighted by Crippen LogP contribution is -2.45. The van der Waals surface area contributed by atoms with Gasteiger partial charge in [-0.15, -0.1) is 0 Å². The van der Waals surface area contributed by atoms with Gasteiger partial charge in [-0.1, -0.05) is 60.2 Å². The molecule has 0 saturated carbocycles. The predicted molar refractivity (Wildman–Crippen MR) is 88.2 cm³/mol. The van der Waals surface area contributed by atoms with E-state index in [1.807, 2.05) is 0 Å². The summed E-state index contributed by atoms with van der Waals surface area (Å²) >= 11 is 0. The number of benzene rings is 2. The Bertz CT molecular complexity index is 579. The van der Waals surface area contributed by atoms with E-state index in [0.29, 0.717) is 5.92 Å². The molecule has 2 unspecified atom stereocenters. The van der Waals surface area contributed by atoms with Crippen LogP contribution < -0.4 is 5.73 Å². The van der Waals surface area contributed by atoms with Crippen LogP contribution in [-0.4, -0.2) is 24.0 Å². The Morgan fingerprint density at radius 3 is 2.62 bits per heavy atom. The summed E-state index contributed by atoms with van der Waals surface area (Å²) in [7, 11) is 0. The molecule has 2 N–H and O–H groups in total. The smallest absolute Gasteiger partial charge is 0.0234 e. The van der Waals surface area contributed by atoms with E-state index in [0.717, 1.165) is 26.1 Å². The summed E-state index contributed by atoms with van der Waals surface area (Å²) in [5, 5.41) is 0. The molecule has 0 bridgehead atoms. The average molecular weight is 280 g/mol. The molecule has 0 aliphatic carbocycles. The van der Waals surface area contributed by atoms with Gasteiger partial charge in [-0.25, -0.2) is 0 Å². The van der Waals surface area contributed by atoms with Gasteiger partial charge in [-0.3, -0.25) is 4.90 Å². The minimum absolute atomic E-state index is 0.271. The molecule has 0 radical (unpaired) electrons. The Morgan fingerprint density at radius 2 is 1.86 bits per heavy atom. The third-order valence-electron chi connectivity index (χ3n) is 4.32. The fourth-order valence-corrected chi connectivity index (χ4v) is 3.37. The number of likely N-dealkylation sites (tertiary alicyclic amines) is 1. The second kappa shape index (κ2) is 6.42. The van der Waals surface area contributed by atoms with Gasteiger partial charge in [-0.2, -0.15) is 0 Å². The van der Waals surface area contributed by atoms with Gasteiger partial charge < -0.3 is 5.73 Å². The van der Waals surface area contributed by atoms with E-state index in [1.54, 1.807) is 0 Å². The fraction of sp³-hybridized carbons (Fsp3) is 0.368. The maximum Gasteiger partial charge on any atom is 0.0234 e. The highest BCUT2D eigenvalue weighted by molar-refractivity contribution is 5.26. The second-order valence-corrected chi connectivity index (χ2v) is 6.29. The Hall–Kier alpha value is -1.64. The Morgan fingerprint density at radius 1 is 1.05 bits per heavy atom. The first kappa shape index (κ1) is 14.3. The monoisotopic (exact) mass is 280 g/mol. The highest BCUT2D eigenvalue weighted by Crippen LogP contribution is 2.27. The highest BCUT2D eigenvalue weighted by atomic mass is 15.1.